The first-order valence-corrected chi connectivity index (χ1v) is 7.19. The molecular weight excluding hydrogens is 264 g/mol. The summed E-state index contributed by atoms with van der Waals surface area (Å²) in [5.41, 5.74) is 7.85. The van der Waals surface area contributed by atoms with Crippen molar-refractivity contribution in [1.82, 2.24) is 15.1 Å². The van der Waals surface area contributed by atoms with Gasteiger partial charge in [-0.15, -0.1) is 0 Å². The van der Waals surface area contributed by atoms with Gasteiger partial charge in [-0.25, -0.2) is 4.68 Å². The molecule has 0 fully saturated rings. The Balaban J connectivity index is 2.02. The van der Waals surface area contributed by atoms with Crippen LogP contribution in [0.5, 0.6) is 0 Å². The fraction of sp³-hybridized carbons (Fsp3) is 0.375. The lowest BCUT2D eigenvalue weighted by Gasteiger charge is -2.15. The van der Waals surface area contributed by atoms with Gasteiger partial charge in [0.05, 0.1) is 11.7 Å². The van der Waals surface area contributed by atoms with Gasteiger partial charge in [0.1, 0.15) is 0 Å². The smallest absolute Gasteiger partial charge is 0.237 e. The predicted molar refractivity (Wildman–Crippen MR) is 82.8 cm³/mol. The van der Waals surface area contributed by atoms with Crippen LogP contribution in [0.3, 0.4) is 0 Å². The lowest BCUT2D eigenvalue weighted by atomic mass is 10.0. The summed E-state index contributed by atoms with van der Waals surface area (Å²) in [5, 5.41) is 7.13. The van der Waals surface area contributed by atoms with Crippen molar-refractivity contribution in [1.29, 1.82) is 0 Å². The maximum atomic E-state index is 12.0. The molecule has 1 atom stereocenters. The van der Waals surface area contributed by atoms with E-state index in [4.69, 9.17) is 5.73 Å². The van der Waals surface area contributed by atoms with Crippen LogP contribution in [0.2, 0.25) is 0 Å². The quantitative estimate of drug-likeness (QED) is 0.851. The van der Waals surface area contributed by atoms with E-state index in [-0.39, 0.29) is 5.91 Å². The molecule has 1 amide bonds. The molecule has 0 aliphatic carbocycles. The summed E-state index contributed by atoms with van der Waals surface area (Å²) in [5.74, 6) is 0.293. The van der Waals surface area contributed by atoms with E-state index in [9.17, 15) is 4.79 Å². The Hall–Kier alpha value is -2.14. The fourth-order valence-electron chi connectivity index (χ4n) is 2.22. The number of benzene rings is 1. The van der Waals surface area contributed by atoms with Crippen LogP contribution in [0.25, 0.3) is 5.69 Å². The number of amides is 1. The van der Waals surface area contributed by atoms with E-state index in [0.717, 1.165) is 11.3 Å². The largest absolute Gasteiger partial charge is 0.351 e. The summed E-state index contributed by atoms with van der Waals surface area (Å²) in [6.45, 7) is 4.56. The first-order valence-electron chi connectivity index (χ1n) is 7.19. The standard InChI is InChI=1S/C16H22N4O/c1-12(2)10-14(17)16(21)18-11-13-6-3-4-7-15(13)20-9-5-8-19-20/h3-9,12,14H,10-11,17H2,1-2H3,(H,18,21). The van der Waals surface area contributed by atoms with Gasteiger partial charge in [-0.2, -0.15) is 5.10 Å². The highest BCUT2D eigenvalue weighted by molar-refractivity contribution is 5.81. The van der Waals surface area contributed by atoms with Gasteiger partial charge >= 0.3 is 0 Å². The van der Waals surface area contributed by atoms with Crippen LogP contribution >= 0.6 is 0 Å². The number of nitrogens with zero attached hydrogens (tertiary/aromatic N) is 2. The van der Waals surface area contributed by atoms with E-state index in [2.05, 4.69) is 24.3 Å². The number of nitrogens with one attached hydrogen (secondary N) is 1. The molecule has 2 rings (SSSR count). The Morgan fingerprint density at radius 1 is 1.33 bits per heavy atom. The maximum Gasteiger partial charge on any atom is 0.237 e. The second kappa shape index (κ2) is 7.04. The summed E-state index contributed by atoms with van der Waals surface area (Å²) in [4.78, 5) is 12.0. The molecule has 5 nitrogen and oxygen atoms in total. The molecule has 1 aromatic heterocycles. The van der Waals surface area contributed by atoms with Crippen molar-refractivity contribution in [3.63, 3.8) is 0 Å². The third kappa shape index (κ3) is 4.16. The van der Waals surface area contributed by atoms with Gasteiger partial charge in [-0.05, 0) is 30.0 Å². The number of aromatic nitrogens is 2. The van der Waals surface area contributed by atoms with Crippen LogP contribution in [-0.2, 0) is 11.3 Å². The summed E-state index contributed by atoms with van der Waals surface area (Å²) in [6, 6.07) is 9.26. The Kier molecular flexibility index (Phi) is 5.11. The Morgan fingerprint density at radius 3 is 2.76 bits per heavy atom. The fourth-order valence-corrected chi connectivity index (χ4v) is 2.22. The third-order valence-electron chi connectivity index (χ3n) is 3.26. The Bertz CT molecular complexity index is 578. The minimum Gasteiger partial charge on any atom is -0.351 e. The van der Waals surface area contributed by atoms with Crippen molar-refractivity contribution in [2.45, 2.75) is 32.9 Å². The van der Waals surface area contributed by atoms with Gasteiger partial charge < -0.3 is 11.1 Å². The third-order valence-corrected chi connectivity index (χ3v) is 3.26. The molecule has 0 radical (unpaired) electrons. The molecule has 5 heteroatoms. The van der Waals surface area contributed by atoms with Crippen LogP contribution in [0, 0.1) is 5.92 Å². The van der Waals surface area contributed by atoms with Crippen LogP contribution in [0.15, 0.2) is 42.7 Å². The molecule has 2 aromatic rings. The normalized spacial score (nSPS) is 12.4. The maximum absolute atomic E-state index is 12.0. The zero-order chi connectivity index (χ0) is 15.2. The molecule has 21 heavy (non-hydrogen) atoms. The zero-order valence-electron chi connectivity index (χ0n) is 12.5. The highest BCUT2D eigenvalue weighted by Gasteiger charge is 2.15. The molecule has 0 aliphatic heterocycles. The minimum absolute atomic E-state index is 0.112. The molecule has 1 unspecified atom stereocenters. The topological polar surface area (TPSA) is 72.9 Å². The monoisotopic (exact) mass is 286 g/mol. The lowest BCUT2D eigenvalue weighted by molar-refractivity contribution is -0.122. The number of hydrogen-bond donors (Lipinski definition) is 2. The lowest BCUT2D eigenvalue weighted by Crippen LogP contribution is -2.41. The molecule has 0 aliphatic rings. The molecule has 0 bridgehead atoms. The summed E-state index contributed by atoms with van der Waals surface area (Å²) in [7, 11) is 0. The van der Waals surface area contributed by atoms with Gasteiger partial charge in [-0.3, -0.25) is 4.79 Å². The second-order valence-corrected chi connectivity index (χ2v) is 5.53. The van der Waals surface area contributed by atoms with Crippen molar-refractivity contribution in [3.05, 3.63) is 48.3 Å². The first-order chi connectivity index (χ1) is 10.1. The van der Waals surface area contributed by atoms with Crippen LogP contribution < -0.4 is 11.1 Å². The van der Waals surface area contributed by atoms with Crippen molar-refractivity contribution >= 4 is 5.91 Å². The predicted octanol–water partition coefficient (Wildman–Crippen LogP) is 1.86. The van der Waals surface area contributed by atoms with E-state index >= 15 is 0 Å². The van der Waals surface area contributed by atoms with Crippen molar-refractivity contribution in [2.75, 3.05) is 0 Å². The van der Waals surface area contributed by atoms with Gasteiger partial charge in [0.15, 0.2) is 0 Å². The average molecular weight is 286 g/mol. The highest BCUT2D eigenvalue weighted by Crippen LogP contribution is 2.13. The van der Waals surface area contributed by atoms with E-state index in [1.807, 2.05) is 36.5 Å². The molecule has 0 saturated carbocycles. The number of rotatable bonds is 6. The number of para-hydroxylation sites is 1. The molecule has 112 valence electrons. The second-order valence-electron chi connectivity index (χ2n) is 5.53. The van der Waals surface area contributed by atoms with E-state index in [1.165, 1.54) is 0 Å². The highest BCUT2D eigenvalue weighted by atomic mass is 16.2. The van der Waals surface area contributed by atoms with Gasteiger partial charge in [0, 0.05) is 18.9 Å². The number of nitrogens with two attached hydrogens (primary N) is 1. The van der Waals surface area contributed by atoms with Crippen LogP contribution in [0.4, 0.5) is 0 Å². The molecule has 0 spiro atoms. The van der Waals surface area contributed by atoms with Crippen molar-refractivity contribution in [2.24, 2.45) is 11.7 Å². The van der Waals surface area contributed by atoms with Crippen LogP contribution in [0.1, 0.15) is 25.8 Å². The molecule has 0 saturated heterocycles. The Morgan fingerprint density at radius 2 is 2.10 bits per heavy atom. The van der Waals surface area contributed by atoms with Gasteiger partial charge in [0.25, 0.3) is 0 Å². The number of carbonyl (C=O) groups is 1. The Labute approximate surface area is 125 Å². The SMILES string of the molecule is CC(C)CC(N)C(=O)NCc1ccccc1-n1cccn1. The van der Waals surface area contributed by atoms with E-state index in [0.29, 0.717) is 18.9 Å². The number of carbonyl (C=O) groups excluding carboxylic acids is 1. The number of hydrogen-bond acceptors (Lipinski definition) is 3. The van der Waals surface area contributed by atoms with Gasteiger partial charge in [0.2, 0.25) is 5.91 Å². The molecule has 1 heterocycles. The van der Waals surface area contributed by atoms with Crippen LogP contribution in [-0.4, -0.2) is 21.7 Å². The molecule has 1 aromatic carbocycles. The van der Waals surface area contributed by atoms with Gasteiger partial charge in [-0.1, -0.05) is 32.0 Å². The minimum atomic E-state index is -0.457. The summed E-state index contributed by atoms with van der Waals surface area (Å²) in [6.07, 6.45) is 4.30. The first kappa shape index (κ1) is 15.3. The van der Waals surface area contributed by atoms with E-state index < -0.39 is 6.04 Å². The zero-order valence-corrected chi connectivity index (χ0v) is 12.5. The summed E-state index contributed by atoms with van der Waals surface area (Å²) < 4.78 is 1.79. The summed E-state index contributed by atoms with van der Waals surface area (Å²) >= 11 is 0. The van der Waals surface area contributed by atoms with Crippen molar-refractivity contribution < 1.29 is 4.79 Å². The molecule has 3 N–H and O–H groups in total. The molecular formula is C16H22N4O. The van der Waals surface area contributed by atoms with E-state index in [1.54, 1.807) is 10.9 Å². The average Bonchev–Trinajstić information content (AvgIpc) is 2.98. The van der Waals surface area contributed by atoms with Crippen molar-refractivity contribution in [3.8, 4) is 5.69 Å².